The molecule has 6 heteroatoms. The van der Waals surface area contributed by atoms with Gasteiger partial charge in [0.25, 0.3) is 5.89 Å². The zero-order valence-corrected chi connectivity index (χ0v) is 12.7. The number of nitrogens with zero attached hydrogens (tertiary/aromatic N) is 5. The highest BCUT2D eigenvalue weighted by Gasteiger charge is 2.11. The molecule has 0 saturated carbocycles. The molecule has 0 spiro atoms. The number of aryl methyl sites for hydroxylation is 3. The minimum absolute atomic E-state index is 0.500. The molecule has 0 aliphatic heterocycles. The number of hydrogen-bond donors (Lipinski definition) is 0. The van der Waals surface area contributed by atoms with E-state index >= 15 is 0 Å². The van der Waals surface area contributed by atoms with E-state index in [-0.39, 0.29) is 0 Å². The Balaban J connectivity index is 1.55. The summed E-state index contributed by atoms with van der Waals surface area (Å²) in [6.45, 7) is 2.77. The van der Waals surface area contributed by atoms with Crippen molar-refractivity contribution in [1.82, 2.24) is 24.7 Å². The molecule has 0 saturated heterocycles. The highest BCUT2D eigenvalue weighted by atomic mass is 16.5. The Kier molecular flexibility index (Phi) is 3.34. The molecule has 4 aromatic rings. The smallest absolute Gasteiger partial charge is 0.259 e. The Hall–Kier alpha value is -3.02. The van der Waals surface area contributed by atoms with Gasteiger partial charge in [0, 0.05) is 25.4 Å². The molecule has 1 aromatic carbocycles. The molecule has 0 atom stereocenters. The first-order valence-corrected chi connectivity index (χ1v) is 7.46. The maximum atomic E-state index is 5.31. The zero-order valence-electron chi connectivity index (χ0n) is 12.7. The van der Waals surface area contributed by atoms with E-state index in [1.807, 2.05) is 37.3 Å². The summed E-state index contributed by atoms with van der Waals surface area (Å²) in [5, 5.41) is 4.05. The molecule has 6 nitrogen and oxygen atoms in total. The second-order valence-electron chi connectivity index (χ2n) is 5.31. The van der Waals surface area contributed by atoms with Crippen LogP contribution >= 0.6 is 0 Å². The number of rotatable bonds is 4. The van der Waals surface area contributed by atoms with Crippen molar-refractivity contribution in [3.05, 3.63) is 60.4 Å². The topological polar surface area (TPSA) is 69.6 Å². The van der Waals surface area contributed by atoms with Gasteiger partial charge in [-0.25, -0.2) is 4.98 Å². The van der Waals surface area contributed by atoms with Crippen molar-refractivity contribution in [1.29, 1.82) is 0 Å². The summed E-state index contributed by atoms with van der Waals surface area (Å²) in [4.78, 5) is 13.1. The summed E-state index contributed by atoms with van der Waals surface area (Å²) in [6.07, 6.45) is 4.11. The van der Waals surface area contributed by atoms with Crippen LogP contribution in [0.5, 0.6) is 0 Å². The van der Waals surface area contributed by atoms with E-state index in [1.165, 1.54) is 0 Å². The van der Waals surface area contributed by atoms with E-state index in [0.29, 0.717) is 18.1 Å². The van der Waals surface area contributed by atoms with Gasteiger partial charge in [-0.1, -0.05) is 17.3 Å². The Labute approximate surface area is 132 Å². The van der Waals surface area contributed by atoms with Gasteiger partial charge in [-0.15, -0.1) is 0 Å². The Bertz CT molecular complexity index is 942. The molecule has 3 aromatic heterocycles. The number of hydrogen-bond acceptors (Lipinski definition) is 5. The summed E-state index contributed by atoms with van der Waals surface area (Å²) in [5.74, 6) is 2.17. The van der Waals surface area contributed by atoms with Crippen LogP contribution in [0.25, 0.3) is 22.5 Å². The molecule has 0 aliphatic carbocycles. The first kappa shape index (κ1) is 13.6. The molecule has 0 fully saturated rings. The van der Waals surface area contributed by atoms with Crippen molar-refractivity contribution in [2.24, 2.45) is 0 Å². The molecule has 114 valence electrons. The average Bonchev–Trinajstić information content (AvgIpc) is 3.18. The van der Waals surface area contributed by atoms with Crippen LogP contribution in [0.15, 0.2) is 53.3 Å². The van der Waals surface area contributed by atoms with Gasteiger partial charge >= 0.3 is 0 Å². The van der Waals surface area contributed by atoms with E-state index in [0.717, 1.165) is 29.0 Å². The average molecular weight is 305 g/mol. The maximum absolute atomic E-state index is 5.31. The Morgan fingerprint density at radius 3 is 2.87 bits per heavy atom. The molecule has 4 rings (SSSR count). The lowest BCUT2D eigenvalue weighted by Gasteiger charge is -2.04. The predicted octanol–water partition coefficient (Wildman–Crippen LogP) is 3.03. The molecule has 0 radical (unpaired) electrons. The van der Waals surface area contributed by atoms with Crippen LogP contribution in [0.1, 0.15) is 11.6 Å². The number of imidazole rings is 1. The van der Waals surface area contributed by atoms with Gasteiger partial charge in [-0.05, 0) is 31.2 Å². The summed E-state index contributed by atoms with van der Waals surface area (Å²) >= 11 is 0. The van der Waals surface area contributed by atoms with Gasteiger partial charge < -0.3 is 9.09 Å². The third-order valence-electron chi connectivity index (χ3n) is 3.78. The van der Waals surface area contributed by atoms with Gasteiger partial charge in [0.05, 0.1) is 16.6 Å². The van der Waals surface area contributed by atoms with Crippen molar-refractivity contribution < 1.29 is 4.52 Å². The van der Waals surface area contributed by atoms with E-state index < -0.39 is 0 Å². The van der Waals surface area contributed by atoms with Crippen molar-refractivity contribution in [3.63, 3.8) is 0 Å². The summed E-state index contributed by atoms with van der Waals surface area (Å²) < 4.78 is 7.49. The second kappa shape index (κ2) is 5.64. The summed E-state index contributed by atoms with van der Waals surface area (Å²) in [7, 11) is 0. The standard InChI is InChI=1S/C17H15N5O/c1-12-19-14-6-2-3-7-15(14)22(12)10-8-16-20-17(23-21-16)13-5-4-9-18-11-13/h2-7,9,11H,8,10H2,1H3. The first-order valence-electron chi connectivity index (χ1n) is 7.46. The third-order valence-corrected chi connectivity index (χ3v) is 3.78. The molecule has 3 heterocycles. The van der Waals surface area contributed by atoms with Gasteiger partial charge in [-0.3, -0.25) is 4.98 Å². The fourth-order valence-electron chi connectivity index (χ4n) is 2.65. The van der Waals surface area contributed by atoms with E-state index in [9.17, 15) is 0 Å². The van der Waals surface area contributed by atoms with Gasteiger partial charge in [-0.2, -0.15) is 4.98 Å². The number of fused-ring (bicyclic) bond motifs is 1. The molecular formula is C17H15N5O. The molecule has 0 aliphatic rings. The highest BCUT2D eigenvalue weighted by Crippen LogP contribution is 2.18. The molecule has 0 N–H and O–H groups in total. The zero-order chi connectivity index (χ0) is 15.6. The van der Waals surface area contributed by atoms with Crippen molar-refractivity contribution in [2.75, 3.05) is 0 Å². The minimum atomic E-state index is 0.500. The third kappa shape index (κ3) is 2.59. The Morgan fingerprint density at radius 2 is 2.00 bits per heavy atom. The van der Waals surface area contributed by atoms with Gasteiger partial charge in [0.1, 0.15) is 5.82 Å². The second-order valence-corrected chi connectivity index (χ2v) is 5.31. The van der Waals surface area contributed by atoms with Crippen LogP contribution in [0.4, 0.5) is 0 Å². The van der Waals surface area contributed by atoms with Crippen LogP contribution in [0.2, 0.25) is 0 Å². The van der Waals surface area contributed by atoms with Crippen molar-refractivity contribution >= 4 is 11.0 Å². The monoisotopic (exact) mass is 305 g/mol. The molecule has 0 bridgehead atoms. The quantitative estimate of drug-likeness (QED) is 0.579. The first-order chi connectivity index (χ1) is 11.3. The number of benzene rings is 1. The lowest BCUT2D eigenvalue weighted by Crippen LogP contribution is -2.04. The number of pyridine rings is 1. The van der Waals surface area contributed by atoms with Crippen LogP contribution in [-0.2, 0) is 13.0 Å². The highest BCUT2D eigenvalue weighted by molar-refractivity contribution is 5.75. The van der Waals surface area contributed by atoms with Crippen molar-refractivity contribution in [2.45, 2.75) is 19.9 Å². The summed E-state index contributed by atoms with van der Waals surface area (Å²) in [5.41, 5.74) is 2.96. The van der Waals surface area contributed by atoms with Crippen LogP contribution < -0.4 is 0 Å². The van der Waals surface area contributed by atoms with Crippen LogP contribution in [0, 0.1) is 6.92 Å². The van der Waals surface area contributed by atoms with E-state index in [2.05, 4.69) is 30.7 Å². The molecule has 23 heavy (non-hydrogen) atoms. The fourth-order valence-corrected chi connectivity index (χ4v) is 2.65. The maximum Gasteiger partial charge on any atom is 0.259 e. The lowest BCUT2D eigenvalue weighted by atomic mass is 10.3. The van der Waals surface area contributed by atoms with Gasteiger partial charge in [0.2, 0.25) is 0 Å². The van der Waals surface area contributed by atoms with Crippen LogP contribution in [-0.4, -0.2) is 24.7 Å². The predicted molar refractivity (Wildman–Crippen MR) is 85.7 cm³/mol. The summed E-state index contributed by atoms with van der Waals surface area (Å²) in [6, 6.07) is 11.9. The molecule has 0 unspecified atom stereocenters. The number of aromatic nitrogens is 5. The normalized spacial score (nSPS) is 11.2. The number of para-hydroxylation sites is 2. The van der Waals surface area contributed by atoms with E-state index in [4.69, 9.17) is 4.52 Å². The van der Waals surface area contributed by atoms with Gasteiger partial charge in [0.15, 0.2) is 5.82 Å². The molecular weight excluding hydrogens is 290 g/mol. The Morgan fingerprint density at radius 1 is 1.09 bits per heavy atom. The van der Waals surface area contributed by atoms with E-state index in [1.54, 1.807) is 12.4 Å². The SMILES string of the molecule is Cc1nc2ccccc2n1CCc1noc(-c2cccnc2)n1. The minimum Gasteiger partial charge on any atom is -0.334 e. The molecule has 0 amide bonds. The fraction of sp³-hybridized carbons (Fsp3) is 0.176. The lowest BCUT2D eigenvalue weighted by molar-refractivity contribution is 0.420. The largest absolute Gasteiger partial charge is 0.334 e. The van der Waals surface area contributed by atoms with Crippen LogP contribution in [0.3, 0.4) is 0 Å². The van der Waals surface area contributed by atoms with Crippen molar-refractivity contribution in [3.8, 4) is 11.5 Å².